The minimum atomic E-state index is -3.06. The van der Waals surface area contributed by atoms with Crippen LogP contribution in [0, 0.1) is 5.82 Å². The van der Waals surface area contributed by atoms with Gasteiger partial charge in [0.1, 0.15) is 5.82 Å². The second-order valence-corrected chi connectivity index (χ2v) is 8.57. The predicted molar refractivity (Wildman–Crippen MR) is 87.2 cm³/mol. The fourth-order valence-corrected chi connectivity index (χ4v) is 4.95. The van der Waals surface area contributed by atoms with Crippen molar-refractivity contribution < 1.29 is 17.6 Å². The zero-order valence-electron chi connectivity index (χ0n) is 13.5. The Morgan fingerprint density at radius 2 is 2.17 bits per heavy atom. The van der Waals surface area contributed by atoms with Crippen LogP contribution in [0.1, 0.15) is 25.8 Å². The second-order valence-electron chi connectivity index (χ2n) is 6.38. The smallest absolute Gasteiger partial charge is 0.234 e. The number of nitrogens with one attached hydrogen (secondary N) is 1. The molecule has 0 spiro atoms. The molecule has 1 saturated heterocycles. The van der Waals surface area contributed by atoms with E-state index in [1.807, 2.05) is 17.9 Å². The van der Waals surface area contributed by atoms with Gasteiger partial charge in [-0.1, -0.05) is 19.1 Å². The SMILES string of the molecule is CCN(CC(=O)N[C@@]1(C)CCS(=O)(=O)C1)Cc1cccc(F)c1. The lowest BCUT2D eigenvalue weighted by Gasteiger charge is -2.26. The molecule has 0 saturated carbocycles. The number of rotatable bonds is 6. The molecule has 1 aromatic rings. The first-order chi connectivity index (χ1) is 10.7. The average Bonchev–Trinajstić information content (AvgIpc) is 2.71. The second kappa shape index (κ2) is 6.97. The van der Waals surface area contributed by atoms with E-state index in [4.69, 9.17) is 0 Å². The number of nitrogens with zero attached hydrogens (tertiary/aromatic N) is 1. The number of amides is 1. The van der Waals surface area contributed by atoms with E-state index in [1.165, 1.54) is 12.1 Å². The van der Waals surface area contributed by atoms with Gasteiger partial charge >= 0.3 is 0 Å². The largest absolute Gasteiger partial charge is 0.349 e. The number of likely N-dealkylation sites (N-methyl/N-ethyl adjacent to an activating group) is 1. The fourth-order valence-electron chi connectivity index (χ4n) is 2.86. The topological polar surface area (TPSA) is 66.5 Å². The molecule has 0 bridgehead atoms. The maximum Gasteiger partial charge on any atom is 0.234 e. The third-order valence-electron chi connectivity index (χ3n) is 4.05. The molecule has 7 heteroatoms. The van der Waals surface area contributed by atoms with Crippen molar-refractivity contribution in [3.63, 3.8) is 0 Å². The van der Waals surface area contributed by atoms with E-state index in [9.17, 15) is 17.6 Å². The minimum absolute atomic E-state index is 0.0121. The summed E-state index contributed by atoms with van der Waals surface area (Å²) in [5.74, 6) is -0.402. The molecule has 1 amide bonds. The third-order valence-corrected chi connectivity index (χ3v) is 5.96. The lowest BCUT2D eigenvalue weighted by Crippen LogP contribution is -2.50. The molecule has 0 unspecified atom stereocenters. The maximum atomic E-state index is 13.2. The summed E-state index contributed by atoms with van der Waals surface area (Å²) in [4.78, 5) is 14.1. The van der Waals surface area contributed by atoms with Gasteiger partial charge in [0.05, 0.1) is 23.6 Å². The minimum Gasteiger partial charge on any atom is -0.349 e. The molecule has 1 aliphatic rings. The molecule has 1 aromatic carbocycles. The summed E-state index contributed by atoms with van der Waals surface area (Å²) < 4.78 is 36.4. The number of sulfone groups is 1. The Morgan fingerprint density at radius 3 is 2.74 bits per heavy atom. The Kier molecular flexibility index (Phi) is 5.41. The number of carbonyl (C=O) groups excluding carboxylic acids is 1. The first kappa shape index (κ1) is 17.9. The summed E-state index contributed by atoms with van der Waals surface area (Å²) in [6.45, 7) is 4.95. The quantitative estimate of drug-likeness (QED) is 0.847. The first-order valence-corrected chi connectivity index (χ1v) is 9.52. The zero-order valence-corrected chi connectivity index (χ0v) is 14.3. The van der Waals surface area contributed by atoms with Crippen molar-refractivity contribution >= 4 is 15.7 Å². The monoisotopic (exact) mass is 342 g/mol. The maximum absolute atomic E-state index is 13.2. The Balaban J connectivity index is 1.92. The molecule has 1 N–H and O–H groups in total. The van der Waals surface area contributed by atoms with Gasteiger partial charge in [-0.15, -0.1) is 0 Å². The molecular weight excluding hydrogens is 319 g/mol. The predicted octanol–water partition coefficient (Wildman–Crippen LogP) is 1.34. The van der Waals surface area contributed by atoms with E-state index in [-0.39, 0.29) is 29.8 Å². The van der Waals surface area contributed by atoms with Crippen molar-refractivity contribution in [3.8, 4) is 0 Å². The van der Waals surface area contributed by atoms with Gasteiger partial charge in [0.25, 0.3) is 0 Å². The molecule has 128 valence electrons. The van der Waals surface area contributed by atoms with Gasteiger partial charge in [-0.3, -0.25) is 9.69 Å². The van der Waals surface area contributed by atoms with Gasteiger partial charge in [-0.05, 0) is 37.6 Å². The summed E-state index contributed by atoms with van der Waals surface area (Å²) in [7, 11) is -3.06. The average molecular weight is 342 g/mol. The molecule has 1 heterocycles. The van der Waals surface area contributed by atoms with Crippen LogP contribution in [0.5, 0.6) is 0 Å². The molecule has 2 rings (SSSR count). The highest BCUT2D eigenvalue weighted by Gasteiger charge is 2.39. The van der Waals surface area contributed by atoms with E-state index >= 15 is 0 Å². The molecule has 1 atom stereocenters. The van der Waals surface area contributed by atoms with Crippen molar-refractivity contribution in [2.45, 2.75) is 32.4 Å². The van der Waals surface area contributed by atoms with Crippen LogP contribution in [-0.2, 0) is 21.2 Å². The van der Waals surface area contributed by atoms with Gasteiger partial charge in [0, 0.05) is 6.54 Å². The van der Waals surface area contributed by atoms with Crippen molar-refractivity contribution in [2.24, 2.45) is 0 Å². The Morgan fingerprint density at radius 1 is 1.43 bits per heavy atom. The van der Waals surface area contributed by atoms with Crippen LogP contribution in [0.4, 0.5) is 4.39 Å². The third kappa shape index (κ3) is 5.28. The van der Waals surface area contributed by atoms with E-state index in [1.54, 1.807) is 13.0 Å². The number of benzene rings is 1. The Labute approximate surface area is 136 Å². The van der Waals surface area contributed by atoms with E-state index in [0.717, 1.165) is 5.56 Å². The van der Waals surface area contributed by atoms with Gasteiger partial charge in [0.15, 0.2) is 9.84 Å². The zero-order chi connectivity index (χ0) is 17.1. The van der Waals surface area contributed by atoms with Gasteiger partial charge in [0.2, 0.25) is 5.91 Å². The van der Waals surface area contributed by atoms with Gasteiger partial charge in [-0.25, -0.2) is 12.8 Å². The highest BCUT2D eigenvalue weighted by molar-refractivity contribution is 7.91. The lowest BCUT2D eigenvalue weighted by molar-refractivity contribution is -0.123. The van der Waals surface area contributed by atoms with E-state index in [2.05, 4.69) is 5.32 Å². The van der Waals surface area contributed by atoms with Crippen LogP contribution >= 0.6 is 0 Å². The summed E-state index contributed by atoms with van der Waals surface area (Å²) in [5.41, 5.74) is 0.114. The summed E-state index contributed by atoms with van der Waals surface area (Å²) in [6.07, 6.45) is 0.442. The van der Waals surface area contributed by atoms with Crippen LogP contribution in [0.25, 0.3) is 0 Å². The number of hydrogen-bond acceptors (Lipinski definition) is 4. The molecule has 5 nitrogen and oxygen atoms in total. The highest BCUT2D eigenvalue weighted by atomic mass is 32.2. The lowest BCUT2D eigenvalue weighted by atomic mass is 10.0. The van der Waals surface area contributed by atoms with Crippen LogP contribution in [0.2, 0.25) is 0 Å². The van der Waals surface area contributed by atoms with Crippen molar-refractivity contribution in [1.82, 2.24) is 10.2 Å². The molecule has 0 aliphatic carbocycles. The summed E-state index contributed by atoms with van der Waals surface area (Å²) >= 11 is 0. The molecule has 23 heavy (non-hydrogen) atoms. The van der Waals surface area contributed by atoms with E-state index in [0.29, 0.717) is 19.5 Å². The van der Waals surface area contributed by atoms with Crippen molar-refractivity contribution in [3.05, 3.63) is 35.6 Å². The van der Waals surface area contributed by atoms with Gasteiger partial charge in [-0.2, -0.15) is 0 Å². The molecule has 1 fully saturated rings. The van der Waals surface area contributed by atoms with Gasteiger partial charge < -0.3 is 5.32 Å². The first-order valence-electron chi connectivity index (χ1n) is 7.70. The summed E-state index contributed by atoms with van der Waals surface area (Å²) in [5, 5.41) is 2.84. The Bertz CT molecular complexity index is 678. The normalized spacial score (nSPS) is 23.1. The number of halogens is 1. The van der Waals surface area contributed by atoms with Crippen LogP contribution in [0.15, 0.2) is 24.3 Å². The molecular formula is C16H23FN2O3S. The highest BCUT2D eigenvalue weighted by Crippen LogP contribution is 2.22. The molecule has 0 aromatic heterocycles. The van der Waals surface area contributed by atoms with Crippen LogP contribution in [-0.4, -0.2) is 49.4 Å². The number of hydrogen-bond donors (Lipinski definition) is 1. The Hall–Kier alpha value is -1.47. The molecule has 1 aliphatic heterocycles. The van der Waals surface area contributed by atoms with Crippen molar-refractivity contribution in [2.75, 3.05) is 24.6 Å². The van der Waals surface area contributed by atoms with Crippen LogP contribution in [0.3, 0.4) is 0 Å². The fraction of sp³-hybridized carbons (Fsp3) is 0.562. The van der Waals surface area contributed by atoms with Crippen molar-refractivity contribution in [1.29, 1.82) is 0 Å². The number of carbonyl (C=O) groups is 1. The summed E-state index contributed by atoms with van der Waals surface area (Å²) in [6, 6.07) is 6.29. The molecule has 0 radical (unpaired) electrons. The van der Waals surface area contributed by atoms with Crippen LogP contribution < -0.4 is 5.32 Å². The van der Waals surface area contributed by atoms with E-state index < -0.39 is 15.4 Å². The standard InChI is InChI=1S/C16H23FN2O3S/c1-3-19(10-13-5-4-6-14(17)9-13)11-15(20)18-16(2)7-8-23(21,22)12-16/h4-6,9H,3,7-8,10-12H2,1-2H3,(H,18,20)/t16-/m0/s1.